The second-order valence-electron chi connectivity index (χ2n) is 8.51. The Kier molecular flexibility index (Phi) is 8.15. The van der Waals surface area contributed by atoms with Crippen LogP contribution in [0.2, 0.25) is 0 Å². The van der Waals surface area contributed by atoms with Crippen molar-refractivity contribution < 1.29 is 4.74 Å². The molecule has 3 heteroatoms. The summed E-state index contributed by atoms with van der Waals surface area (Å²) in [6.07, 6.45) is 4.44. The molecule has 0 aliphatic carbocycles. The molecule has 0 heterocycles. The average Bonchev–Trinajstić information content (AvgIpc) is 2.90. The summed E-state index contributed by atoms with van der Waals surface area (Å²) in [5, 5.41) is 1.38. The van der Waals surface area contributed by atoms with Gasteiger partial charge in [-0.15, -0.1) is 0 Å². The summed E-state index contributed by atoms with van der Waals surface area (Å²) < 4.78 is 5.93. The second-order valence-corrected chi connectivity index (χ2v) is 17.6. The third-order valence-corrected chi connectivity index (χ3v) is 16.4. The normalized spacial score (nSPS) is 12.7. The Labute approximate surface area is 206 Å². The van der Waals surface area contributed by atoms with Crippen molar-refractivity contribution in [1.29, 1.82) is 0 Å². The van der Waals surface area contributed by atoms with Gasteiger partial charge in [0.05, 0.1) is 0 Å². The van der Waals surface area contributed by atoms with Crippen LogP contribution in [0.3, 0.4) is 0 Å². The Bertz CT molecular complexity index is 1000. The van der Waals surface area contributed by atoms with E-state index in [1.54, 1.807) is 0 Å². The van der Waals surface area contributed by atoms with Gasteiger partial charge in [0.1, 0.15) is 0 Å². The monoisotopic (exact) mass is 518 g/mol. The van der Waals surface area contributed by atoms with Crippen LogP contribution in [0.1, 0.15) is 24.8 Å². The molecule has 1 nitrogen and oxygen atoms in total. The maximum absolute atomic E-state index is 5.93. The first-order chi connectivity index (χ1) is 16.2. The summed E-state index contributed by atoms with van der Waals surface area (Å²) in [6, 6.07) is 43.6. The van der Waals surface area contributed by atoms with Crippen molar-refractivity contribution in [3.63, 3.8) is 0 Å². The van der Waals surface area contributed by atoms with Crippen LogP contribution in [0.5, 0.6) is 0 Å². The number of benzene rings is 4. The topological polar surface area (TPSA) is 9.23 Å². The fraction of sp³-hybridized carbons (Fsp3) is 0.200. The van der Waals surface area contributed by atoms with Gasteiger partial charge in [-0.05, 0) is 0 Å². The molecule has 0 aromatic heterocycles. The minimum atomic E-state index is -2.79. The van der Waals surface area contributed by atoms with E-state index in [1.165, 1.54) is 21.5 Å². The standard InChI is InChI=1S/C30H32BrOP/c31-33(28-18-8-2-9-19-28,29-20-10-3-11-21-29,30-22-12-4-13-23-30)25-15-5-14-24-32-26-27-16-6-1-7-17-27/h1-4,6-13,16-23H,5,14-15,24-26H2. The Morgan fingerprint density at radius 3 is 1.39 bits per heavy atom. The molecule has 0 aliphatic heterocycles. The first kappa shape index (κ1) is 23.9. The molecular formula is C30H32BrOP. The van der Waals surface area contributed by atoms with Gasteiger partial charge in [-0.2, -0.15) is 0 Å². The van der Waals surface area contributed by atoms with Crippen LogP contribution in [0, 0.1) is 0 Å². The van der Waals surface area contributed by atoms with Gasteiger partial charge in [-0.3, -0.25) is 0 Å². The number of halogens is 1. The van der Waals surface area contributed by atoms with Crippen molar-refractivity contribution in [3.8, 4) is 0 Å². The van der Waals surface area contributed by atoms with Crippen molar-refractivity contribution >= 4 is 36.7 Å². The van der Waals surface area contributed by atoms with Crippen LogP contribution in [-0.2, 0) is 11.3 Å². The molecule has 4 rings (SSSR count). The number of unbranched alkanes of at least 4 members (excludes halogenated alkanes) is 2. The first-order valence-electron chi connectivity index (χ1n) is 11.7. The van der Waals surface area contributed by atoms with Gasteiger partial charge in [0.25, 0.3) is 0 Å². The molecular weight excluding hydrogens is 487 g/mol. The van der Waals surface area contributed by atoms with Crippen molar-refractivity contribution in [2.75, 3.05) is 12.8 Å². The molecule has 0 radical (unpaired) electrons. The van der Waals surface area contributed by atoms with E-state index in [-0.39, 0.29) is 0 Å². The van der Waals surface area contributed by atoms with E-state index in [1.807, 2.05) is 6.07 Å². The fourth-order valence-electron chi connectivity index (χ4n) is 4.60. The summed E-state index contributed by atoms with van der Waals surface area (Å²) in [7, 11) is 0. The minimum absolute atomic E-state index is 0.691. The molecule has 0 saturated carbocycles. The Morgan fingerprint density at radius 1 is 0.515 bits per heavy atom. The van der Waals surface area contributed by atoms with Crippen LogP contribution in [0.25, 0.3) is 0 Å². The summed E-state index contributed by atoms with van der Waals surface area (Å²) in [4.78, 5) is 0. The predicted octanol–water partition coefficient (Wildman–Crippen LogP) is 7.21. The SMILES string of the molecule is BrP(CCCCCOCc1ccccc1)(c1ccccc1)(c1ccccc1)c1ccccc1. The zero-order chi connectivity index (χ0) is 22.8. The van der Waals surface area contributed by atoms with Crippen LogP contribution >= 0.6 is 20.8 Å². The van der Waals surface area contributed by atoms with Gasteiger partial charge in [0.2, 0.25) is 0 Å². The number of rotatable bonds is 11. The van der Waals surface area contributed by atoms with Gasteiger partial charge in [0.15, 0.2) is 0 Å². The van der Waals surface area contributed by atoms with Crippen LogP contribution < -0.4 is 15.9 Å². The van der Waals surface area contributed by atoms with Gasteiger partial charge >= 0.3 is 207 Å². The van der Waals surface area contributed by atoms with Crippen molar-refractivity contribution in [2.45, 2.75) is 25.9 Å². The van der Waals surface area contributed by atoms with Crippen LogP contribution in [-0.4, -0.2) is 12.8 Å². The third-order valence-electron chi connectivity index (χ3n) is 6.36. The molecule has 0 aliphatic rings. The predicted molar refractivity (Wildman–Crippen MR) is 149 cm³/mol. The number of ether oxygens (including phenoxy) is 1. The van der Waals surface area contributed by atoms with Crippen molar-refractivity contribution in [2.24, 2.45) is 0 Å². The van der Waals surface area contributed by atoms with Crippen LogP contribution in [0.15, 0.2) is 121 Å². The molecule has 4 aromatic rings. The van der Waals surface area contributed by atoms with E-state index < -0.39 is 5.31 Å². The van der Waals surface area contributed by atoms with E-state index in [0.29, 0.717) is 6.61 Å². The fourth-order valence-corrected chi connectivity index (χ4v) is 12.4. The first-order valence-corrected chi connectivity index (χ1v) is 16.2. The summed E-state index contributed by atoms with van der Waals surface area (Å²) in [6.45, 7) is 1.49. The average molecular weight is 519 g/mol. The quantitative estimate of drug-likeness (QED) is 0.150. The molecule has 0 amide bonds. The molecule has 0 atom stereocenters. The molecule has 170 valence electrons. The summed E-state index contributed by atoms with van der Waals surface area (Å²) in [5.41, 5.74) is 1.24. The van der Waals surface area contributed by atoms with Crippen molar-refractivity contribution in [3.05, 3.63) is 127 Å². The number of hydrogen-bond acceptors (Lipinski definition) is 1. The molecule has 0 fully saturated rings. The van der Waals surface area contributed by atoms with E-state index in [9.17, 15) is 0 Å². The van der Waals surface area contributed by atoms with Gasteiger partial charge < -0.3 is 0 Å². The van der Waals surface area contributed by atoms with E-state index >= 15 is 0 Å². The summed E-state index contributed by atoms with van der Waals surface area (Å²) in [5.74, 6) is 0. The molecule has 0 saturated heterocycles. The third kappa shape index (κ3) is 5.30. The van der Waals surface area contributed by atoms with E-state index in [2.05, 4.69) is 131 Å². The van der Waals surface area contributed by atoms with Crippen LogP contribution in [0.4, 0.5) is 0 Å². The van der Waals surface area contributed by atoms with Gasteiger partial charge in [-0.25, -0.2) is 0 Å². The summed E-state index contributed by atoms with van der Waals surface area (Å²) >= 11 is 4.53. The molecule has 4 aromatic carbocycles. The Balaban J connectivity index is 1.54. The zero-order valence-corrected chi connectivity index (χ0v) is 21.5. The van der Waals surface area contributed by atoms with E-state index in [0.717, 1.165) is 32.0 Å². The molecule has 0 bridgehead atoms. The molecule has 0 N–H and O–H groups in total. The number of hydrogen-bond donors (Lipinski definition) is 0. The molecule has 0 unspecified atom stereocenters. The second kappa shape index (κ2) is 11.3. The zero-order valence-electron chi connectivity index (χ0n) is 19.0. The Hall–Kier alpha value is -2.25. The van der Waals surface area contributed by atoms with E-state index in [4.69, 9.17) is 4.74 Å². The maximum atomic E-state index is 5.93. The molecule has 0 spiro atoms. The van der Waals surface area contributed by atoms with Gasteiger partial charge in [-0.1, -0.05) is 0 Å². The Morgan fingerprint density at radius 2 is 0.939 bits per heavy atom. The molecule has 33 heavy (non-hydrogen) atoms. The van der Waals surface area contributed by atoms with Gasteiger partial charge in [0, 0.05) is 0 Å². The van der Waals surface area contributed by atoms with Crippen molar-refractivity contribution in [1.82, 2.24) is 0 Å².